The van der Waals surface area contributed by atoms with Gasteiger partial charge in [-0.3, -0.25) is 9.52 Å². The van der Waals surface area contributed by atoms with Gasteiger partial charge in [0, 0.05) is 16.8 Å². The summed E-state index contributed by atoms with van der Waals surface area (Å²) < 4.78 is 27.2. The molecule has 0 atom stereocenters. The Morgan fingerprint density at radius 2 is 1.75 bits per heavy atom. The number of thiophene rings is 1. The summed E-state index contributed by atoms with van der Waals surface area (Å²) in [5, 5.41) is 5.96. The van der Waals surface area contributed by atoms with Gasteiger partial charge < -0.3 is 0 Å². The zero-order valence-corrected chi connectivity index (χ0v) is 16.4. The fourth-order valence-electron chi connectivity index (χ4n) is 3.02. The lowest BCUT2D eigenvalue weighted by molar-refractivity contribution is 0.0955. The van der Waals surface area contributed by atoms with Gasteiger partial charge in [-0.2, -0.15) is 5.10 Å². The first-order chi connectivity index (χ1) is 13.5. The summed E-state index contributed by atoms with van der Waals surface area (Å²) in [6.07, 6.45) is 1.72. The van der Waals surface area contributed by atoms with E-state index in [2.05, 4.69) is 21.3 Å². The van der Waals surface area contributed by atoms with Crippen LogP contribution in [0.4, 0.5) is 5.69 Å². The molecule has 3 aromatic rings. The van der Waals surface area contributed by atoms with Crippen LogP contribution in [0.25, 0.3) is 0 Å². The van der Waals surface area contributed by atoms with E-state index in [4.69, 9.17) is 0 Å². The van der Waals surface area contributed by atoms with Crippen molar-refractivity contribution in [1.29, 1.82) is 0 Å². The second-order valence-electron chi connectivity index (χ2n) is 6.27. The highest BCUT2D eigenvalue weighted by atomic mass is 32.2. The maximum Gasteiger partial charge on any atom is 0.271 e. The van der Waals surface area contributed by atoms with Gasteiger partial charge in [0.25, 0.3) is 15.9 Å². The number of hydrogen-bond donors (Lipinski definition) is 2. The number of carbonyl (C=O) groups excluding carboxylic acids is 1. The highest BCUT2D eigenvalue weighted by Crippen LogP contribution is 2.22. The predicted octanol–water partition coefficient (Wildman–Crippen LogP) is 3.63. The topological polar surface area (TPSA) is 87.6 Å². The van der Waals surface area contributed by atoms with E-state index in [9.17, 15) is 13.2 Å². The van der Waals surface area contributed by atoms with Crippen molar-refractivity contribution in [3.63, 3.8) is 0 Å². The first-order valence-corrected chi connectivity index (χ1v) is 11.0. The molecule has 1 amide bonds. The third-order valence-electron chi connectivity index (χ3n) is 4.41. The fourth-order valence-corrected chi connectivity index (χ4v) is 5.07. The molecule has 0 unspecified atom stereocenters. The monoisotopic (exact) mass is 411 g/mol. The van der Waals surface area contributed by atoms with Crippen LogP contribution in [0.2, 0.25) is 0 Å². The number of nitrogens with zero attached hydrogens (tertiary/aromatic N) is 1. The zero-order chi connectivity index (χ0) is 19.6. The van der Waals surface area contributed by atoms with Crippen molar-refractivity contribution in [2.75, 3.05) is 4.72 Å². The molecule has 2 aromatic carbocycles. The van der Waals surface area contributed by atoms with Crippen LogP contribution in [-0.2, 0) is 16.4 Å². The van der Waals surface area contributed by atoms with Gasteiger partial charge in [0.15, 0.2) is 0 Å². The van der Waals surface area contributed by atoms with Gasteiger partial charge in [0.2, 0.25) is 0 Å². The molecule has 28 heavy (non-hydrogen) atoms. The maximum absolute atomic E-state index is 12.3. The lowest BCUT2D eigenvalue weighted by atomic mass is 10.1. The third-order valence-corrected chi connectivity index (χ3v) is 7.19. The first kappa shape index (κ1) is 18.4. The van der Waals surface area contributed by atoms with Crippen LogP contribution >= 0.6 is 11.3 Å². The minimum absolute atomic E-state index is 0.238. The van der Waals surface area contributed by atoms with Gasteiger partial charge in [-0.1, -0.05) is 30.3 Å². The third kappa shape index (κ3) is 3.83. The molecule has 0 spiro atoms. The Morgan fingerprint density at radius 1 is 0.964 bits per heavy atom. The van der Waals surface area contributed by atoms with Crippen LogP contribution in [0.3, 0.4) is 0 Å². The Morgan fingerprint density at radius 3 is 2.50 bits per heavy atom. The van der Waals surface area contributed by atoms with Crippen molar-refractivity contribution >= 4 is 38.7 Å². The van der Waals surface area contributed by atoms with E-state index in [1.165, 1.54) is 11.6 Å². The highest BCUT2D eigenvalue weighted by molar-refractivity contribution is 7.94. The SMILES string of the molecule is O=C(N/N=C1/CCc2ccccc21)c1ccc(NS(=O)(=O)c2cccs2)cc1. The van der Waals surface area contributed by atoms with E-state index in [-0.39, 0.29) is 10.1 Å². The summed E-state index contributed by atoms with van der Waals surface area (Å²) in [4.78, 5) is 12.3. The molecule has 0 saturated heterocycles. The number of sulfonamides is 1. The highest BCUT2D eigenvalue weighted by Gasteiger charge is 2.18. The maximum atomic E-state index is 12.3. The van der Waals surface area contributed by atoms with Crippen LogP contribution in [0.15, 0.2) is 75.4 Å². The minimum atomic E-state index is -3.61. The van der Waals surface area contributed by atoms with Gasteiger partial charge in [-0.25, -0.2) is 13.8 Å². The van der Waals surface area contributed by atoms with Crippen molar-refractivity contribution in [3.05, 3.63) is 82.7 Å². The molecule has 1 heterocycles. The number of amides is 1. The Kier molecular flexibility index (Phi) is 4.97. The molecule has 0 bridgehead atoms. The Hall–Kier alpha value is -2.97. The quantitative estimate of drug-likeness (QED) is 0.629. The number of rotatable bonds is 5. The number of carbonyl (C=O) groups is 1. The molecular formula is C20H17N3O3S2. The molecule has 0 fully saturated rings. The van der Waals surface area contributed by atoms with Crippen LogP contribution in [0.1, 0.15) is 27.9 Å². The van der Waals surface area contributed by atoms with Crippen molar-refractivity contribution in [1.82, 2.24) is 5.43 Å². The van der Waals surface area contributed by atoms with Crippen molar-refractivity contribution in [2.45, 2.75) is 17.1 Å². The summed E-state index contributed by atoms with van der Waals surface area (Å²) in [5.74, 6) is -0.343. The number of hydrazone groups is 1. The molecular weight excluding hydrogens is 394 g/mol. The number of nitrogens with one attached hydrogen (secondary N) is 2. The van der Waals surface area contributed by atoms with Gasteiger partial charge in [0.1, 0.15) is 4.21 Å². The summed E-state index contributed by atoms with van der Waals surface area (Å²) >= 11 is 1.14. The van der Waals surface area contributed by atoms with E-state index in [1.54, 1.807) is 35.7 Å². The summed E-state index contributed by atoms with van der Waals surface area (Å²) in [5.41, 5.74) is 6.54. The molecule has 6 nitrogen and oxygen atoms in total. The molecule has 1 aliphatic rings. The molecule has 1 aromatic heterocycles. The smallest absolute Gasteiger partial charge is 0.271 e. The largest absolute Gasteiger partial charge is 0.279 e. The number of benzene rings is 2. The molecule has 142 valence electrons. The average Bonchev–Trinajstić information content (AvgIpc) is 3.37. The second-order valence-corrected chi connectivity index (χ2v) is 9.13. The number of hydrogen-bond acceptors (Lipinski definition) is 5. The zero-order valence-electron chi connectivity index (χ0n) is 14.8. The lowest BCUT2D eigenvalue weighted by Crippen LogP contribution is -2.19. The van der Waals surface area contributed by atoms with Crippen LogP contribution in [-0.4, -0.2) is 20.0 Å². The lowest BCUT2D eigenvalue weighted by Gasteiger charge is -2.07. The van der Waals surface area contributed by atoms with Gasteiger partial charge in [-0.05, 0) is 54.1 Å². The molecule has 0 aliphatic heterocycles. The Labute approximate surface area is 167 Å². The summed E-state index contributed by atoms with van der Waals surface area (Å²) in [6, 6.07) is 17.5. The Bertz CT molecular complexity index is 1140. The predicted molar refractivity (Wildman–Crippen MR) is 110 cm³/mol. The molecule has 4 rings (SSSR count). The van der Waals surface area contributed by atoms with Crippen LogP contribution in [0.5, 0.6) is 0 Å². The van der Waals surface area contributed by atoms with Crippen LogP contribution < -0.4 is 10.1 Å². The number of fused-ring (bicyclic) bond motifs is 1. The number of aryl methyl sites for hydroxylation is 1. The summed E-state index contributed by atoms with van der Waals surface area (Å²) in [6.45, 7) is 0. The van der Waals surface area contributed by atoms with Gasteiger partial charge >= 0.3 is 0 Å². The molecule has 2 N–H and O–H groups in total. The average molecular weight is 412 g/mol. The van der Waals surface area contributed by atoms with E-state index in [1.807, 2.05) is 18.2 Å². The van der Waals surface area contributed by atoms with Crippen molar-refractivity contribution in [2.24, 2.45) is 5.10 Å². The van der Waals surface area contributed by atoms with E-state index >= 15 is 0 Å². The van der Waals surface area contributed by atoms with E-state index < -0.39 is 10.0 Å². The fraction of sp³-hybridized carbons (Fsp3) is 0.100. The number of anilines is 1. The summed E-state index contributed by atoms with van der Waals surface area (Å²) in [7, 11) is -3.61. The molecule has 0 radical (unpaired) electrons. The normalized spacial score (nSPS) is 14.6. The molecule has 0 saturated carbocycles. The van der Waals surface area contributed by atoms with E-state index in [0.29, 0.717) is 11.3 Å². The second kappa shape index (κ2) is 7.57. The molecule has 8 heteroatoms. The van der Waals surface area contributed by atoms with Crippen molar-refractivity contribution < 1.29 is 13.2 Å². The van der Waals surface area contributed by atoms with Gasteiger partial charge in [0.05, 0.1) is 5.71 Å². The van der Waals surface area contributed by atoms with E-state index in [0.717, 1.165) is 35.5 Å². The first-order valence-electron chi connectivity index (χ1n) is 8.64. The Balaban J connectivity index is 1.43. The van der Waals surface area contributed by atoms with Crippen LogP contribution in [0, 0.1) is 0 Å². The standard InChI is InChI=1S/C20H17N3O3S2/c24-20(22-21-18-12-9-14-4-1-2-5-17(14)18)15-7-10-16(11-8-15)23-28(25,26)19-6-3-13-27-19/h1-8,10-11,13,23H,9,12H2,(H,22,24)/b21-18-. The minimum Gasteiger partial charge on any atom is -0.279 e. The van der Waals surface area contributed by atoms with Crippen molar-refractivity contribution in [3.8, 4) is 0 Å². The molecule has 1 aliphatic carbocycles. The van der Waals surface area contributed by atoms with Gasteiger partial charge in [-0.15, -0.1) is 11.3 Å².